The number of ether oxygens (including phenoxy) is 1. The lowest BCUT2D eigenvalue weighted by molar-refractivity contribution is -0.131. The maximum absolute atomic E-state index is 10.3. The number of carbonyl (C=O) groups excluding carboxylic acids is 1. The molecule has 1 rings (SSSR count). The molecule has 0 aromatic heterocycles. The van der Waals surface area contributed by atoms with Crippen molar-refractivity contribution in [3.63, 3.8) is 0 Å². The van der Waals surface area contributed by atoms with Crippen LogP contribution in [-0.2, 0) is 13.9 Å². The van der Waals surface area contributed by atoms with E-state index in [0.717, 1.165) is 0 Å². The fourth-order valence-electron chi connectivity index (χ4n) is 0.625. The molecule has 58 valence electrons. The third-order valence-corrected chi connectivity index (χ3v) is 1.23. The highest BCUT2D eigenvalue weighted by atomic mass is 16.8. The van der Waals surface area contributed by atoms with Crippen LogP contribution >= 0.6 is 0 Å². The van der Waals surface area contributed by atoms with Crippen molar-refractivity contribution in [1.29, 1.82) is 0 Å². The van der Waals surface area contributed by atoms with Crippen LogP contribution in [0.2, 0.25) is 0 Å². The highest BCUT2D eigenvalue weighted by Crippen LogP contribution is 2.12. The number of rotatable bonds is 5. The molecule has 1 saturated heterocycles. The number of aliphatic hydroxyl groups excluding tert-OH is 1. The van der Waals surface area contributed by atoms with Crippen molar-refractivity contribution in [2.45, 2.75) is 0 Å². The zero-order valence-corrected chi connectivity index (χ0v) is 5.71. The van der Waals surface area contributed by atoms with E-state index in [1.54, 1.807) is 0 Å². The van der Waals surface area contributed by atoms with Crippen molar-refractivity contribution in [3.8, 4) is 0 Å². The molecule has 1 aliphatic heterocycles. The van der Waals surface area contributed by atoms with Gasteiger partial charge in [0.15, 0.2) is 0 Å². The van der Waals surface area contributed by atoms with Crippen LogP contribution in [0.15, 0.2) is 0 Å². The molecule has 4 heteroatoms. The second kappa shape index (κ2) is 3.53. The molecule has 1 N–H and O–H groups in total. The van der Waals surface area contributed by atoms with Crippen LogP contribution in [0.3, 0.4) is 0 Å². The molecule has 4 nitrogen and oxygen atoms in total. The quantitative estimate of drug-likeness (QED) is 0.237. The first-order chi connectivity index (χ1) is 4.84. The van der Waals surface area contributed by atoms with Gasteiger partial charge in [0.05, 0.1) is 13.2 Å². The molecule has 1 heterocycles. The van der Waals surface area contributed by atoms with Gasteiger partial charge < -0.3 is 14.2 Å². The predicted octanol–water partition coefficient (Wildman–Crippen LogP) is -0.912. The molecule has 0 amide bonds. The summed E-state index contributed by atoms with van der Waals surface area (Å²) in [4.78, 5) is 10.3. The van der Waals surface area contributed by atoms with E-state index >= 15 is 0 Å². The Balaban J connectivity index is 1.82. The van der Waals surface area contributed by atoms with Crippen LogP contribution < -0.4 is 0 Å². The van der Waals surface area contributed by atoms with E-state index < -0.39 is 0 Å². The molecule has 1 aliphatic rings. The number of hydrogen-bond donors (Lipinski definition) is 1. The van der Waals surface area contributed by atoms with E-state index in [-0.39, 0.29) is 12.6 Å². The van der Waals surface area contributed by atoms with Gasteiger partial charge in [0.25, 0.3) is 6.61 Å². The molecule has 0 aromatic carbocycles. The fraction of sp³-hybridized carbons (Fsp3) is 0.833. The summed E-state index contributed by atoms with van der Waals surface area (Å²) in [7, 11) is 0. The molecular weight excluding hydrogens is 136 g/mol. The molecule has 1 fully saturated rings. The molecule has 0 radical (unpaired) electrons. The van der Waals surface area contributed by atoms with Gasteiger partial charge in [0.2, 0.25) is 0 Å². The topological polar surface area (TPSA) is 49.2 Å². The van der Waals surface area contributed by atoms with Crippen molar-refractivity contribution in [2.75, 3.05) is 33.0 Å². The normalized spacial score (nSPS) is 16.1. The Bertz CT molecular complexity index is 123. The Hall–Kier alpha value is -0.610. The molecular formula is C6H11O4+. The summed E-state index contributed by atoms with van der Waals surface area (Å²) in [6.07, 6.45) is 0. The van der Waals surface area contributed by atoms with Crippen LogP contribution in [0.25, 0.3) is 0 Å². The number of epoxide rings is 1. The van der Waals surface area contributed by atoms with E-state index in [9.17, 15) is 4.79 Å². The Kier molecular flexibility index (Phi) is 2.65. The third-order valence-electron chi connectivity index (χ3n) is 1.23. The SMILES string of the molecule is O=C1C[O+]1CCOCCO. The summed E-state index contributed by atoms with van der Waals surface area (Å²) < 4.78 is 7.32. The van der Waals surface area contributed by atoms with Crippen molar-refractivity contribution in [3.05, 3.63) is 0 Å². The predicted molar refractivity (Wildman–Crippen MR) is 33.7 cm³/mol. The lowest BCUT2D eigenvalue weighted by Gasteiger charge is -2.00. The number of hydrogen-bond acceptors (Lipinski definition) is 3. The first-order valence-corrected chi connectivity index (χ1v) is 3.23. The van der Waals surface area contributed by atoms with Gasteiger partial charge in [0.1, 0.15) is 13.2 Å². The van der Waals surface area contributed by atoms with Gasteiger partial charge >= 0.3 is 5.97 Å². The minimum absolute atomic E-state index is 0.0403. The lowest BCUT2D eigenvalue weighted by Crippen LogP contribution is -2.07. The van der Waals surface area contributed by atoms with Gasteiger partial charge in [-0.15, -0.1) is 0 Å². The Labute approximate surface area is 59.1 Å². The van der Waals surface area contributed by atoms with Gasteiger partial charge in [-0.2, -0.15) is 0 Å². The van der Waals surface area contributed by atoms with Gasteiger partial charge in [-0.25, -0.2) is 0 Å². The van der Waals surface area contributed by atoms with E-state index in [1.807, 2.05) is 0 Å². The molecule has 0 atom stereocenters. The lowest BCUT2D eigenvalue weighted by atomic mass is 10.7. The first-order valence-electron chi connectivity index (χ1n) is 3.23. The van der Waals surface area contributed by atoms with Crippen LogP contribution in [0.1, 0.15) is 0 Å². The maximum atomic E-state index is 10.3. The summed E-state index contributed by atoms with van der Waals surface area (Å²) in [6.45, 7) is 1.96. The van der Waals surface area contributed by atoms with Crippen LogP contribution in [0, 0.1) is 0 Å². The standard InChI is InChI=1S/C6H11O4/c7-1-2-9-3-4-10-5-6(10)8/h7H,1-5H2/q+1. The largest absolute Gasteiger partial charge is 0.579 e. The molecule has 0 unspecified atom stereocenters. The first kappa shape index (κ1) is 7.50. The summed E-state index contributed by atoms with van der Waals surface area (Å²) in [6, 6.07) is 0. The van der Waals surface area contributed by atoms with Crippen molar-refractivity contribution in [2.24, 2.45) is 0 Å². The summed E-state index contributed by atoms with van der Waals surface area (Å²) in [5, 5.41) is 8.29. The van der Waals surface area contributed by atoms with Gasteiger partial charge in [0, 0.05) is 4.79 Å². The Morgan fingerprint density at radius 2 is 2.30 bits per heavy atom. The average Bonchev–Trinajstić information content (AvgIpc) is 2.60. The second-order valence-corrected chi connectivity index (χ2v) is 2.05. The zero-order chi connectivity index (χ0) is 7.40. The van der Waals surface area contributed by atoms with E-state index in [1.165, 1.54) is 0 Å². The average molecular weight is 147 g/mol. The Morgan fingerprint density at radius 1 is 1.60 bits per heavy atom. The smallest absolute Gasteiger partial charge is 0.527 e. The molecule has 0 aliphatic carbocycles. The highest BCUT2D eigenvalue weighted by Gasteiger charge is 2.41. The number of carbonyl (C=O) groups is 1. The molecule has 10 heavy (non-hydrogen) atoms. The second-order valence-electron chi connectivity index (χ2n) is 2.05. The van der Waals surface area contributed by atoms with Crippen LogP contribution in [0.4, 0.5) is 0 Å². The minimum atomic E-state index is 0.0403. The minimum Gasteiger partial charge on any atom is -0.527 e. The molecule has 0 aromatic rings. The van der Waals surface area contributed by atoms with Gasteiger partial charge in [-0.05, 0) is 0 Å². The molecule has 0 saturated carbocycles. The van der Waals surface area contributed by atoms with Crippen molar-refractivity contribution < 1.29 is 19.0 Å². The van der Waals surface area contributed by atoms with E-state index in [0.29, 0.717) is 26.4 Å². The van der Waals surface area contributed by atoms with Gasteiger partial charge in [-0.3, -0.25) is 0 Å². The highest BCUT2D eigenvalue weighted by molar-refractivity contribution is 5.85. The maximum Gasteiger partial charge on any atom is 0.579 e. The summed E-state index contributed by atoms with van der Waals surface area (Å²) in [5.74, 6) is 0.104. The zero-order valence-electron chi connectivity index (χ0n) is 5.71. The van der Waals surface area contributed by atoms with Crippen molar-refractivity contribution >= 4 is 5.97 Å². The van der Waals surface area contributed by atoms with Crippen molar-refractivity contribution in [1.82, 2.24) is 0 Å². The summed E-state index contributed by atoms with van der Waals surface area (Å²) in [5.41, 5.74) is 0. The van der Waals surface area contributed by atoms with E-state index in [2.05, 4.69) is 4.37 Å². The van der Waals surface area contributed by atoms with Crippen LogP contribution in [0.5, 0.6) is 0 Å². The summed E-state index contributed by atoms with van der Waals surface area (Å²) >= 11 is 0. The molecule has 0 spiro atoms. The van der Waals surface area contributed by atoms with Gasteiger partial charge in [-0.1, -0.05) is 0 Å². The fourth-order valence-corrected chi connectivity index (χ4v) is 0.625. The number of cyclic esters (lactones) is 1. The van der Waals surface area contributed by atoms with Crippen LogP contribution in [-0.4, -0.2) is 44.1 Å². The number of aliphatic hydroxyl groups is 1. The monoisotopic (exact) mass is 147 g/mol. The third kappa shape index (κ3) is 2.33. The Morgan fingerprint density at radius 3 is 2.80 bits per heavy atom. The van der Waals surface area contributed by atoms with E-state index in [4.69, 9.17) is 9.84 Å². The molecule has 0 bridgehead atoms.